The van der Waals surface area contributed by atoms with Crippen LogP contribution in [0.2, 0.25) is 0 Å². The number of anilines is 2. The van der Waals surface area contributed by atoms with Gasteiger partial charge in [-0.1, -0.05) is 18.2 Å². The van der Waals surface area contributed by atoms with Crippen molar-refractivity contribution in [1.29, 1.82) is 5.26 Å². The van der Waals surface area contributed by atoms with Crippen molar-refractivity contribution >= 4 is 17.3 Å². The fourth-order valence-electron chi connectivity index (χ4n) is 1.95. The average molecular weight is 323 g/mol. The van der Waals surface area contributed by atoms with Crippen molar-refractivity contribution in [2.75, 3.05) is 24.9 Å². The Hall–Kier alpha value is -3.46. The molecule has 2 N–H and O–H groups in total. The zero-order valence-corrected chi connectivity index (χ0v) is 13.4. The minimum Gasteiger partial charge on any atom is -0.493 e. The van der Waals surface area contributed by atoms with Crippen molar-refractivity contribution in [2.45, 2.75) is 0 Å². The van der Waals surface area contributed by atoms with Crippen LogP contribution in [0, 0.1) is 11.3 Å². The molecule has 6 nitrogen and oxygen atoms in total. The van der Waals surface area contributed by atoms with Crippen LogP contribution in [0.25, 0.3) is 0 Å². The fraction of sp³-hybridized carbons (Fsp3) is 0.111. The van der Waals surface area contributed by atoms with Gasteiger partial charge in [-0.05, 0) is 24.3 Å². The summed E-state index contributed by atoms with van der Waals surface area (Å²) in [6, 6.07) is 16.1. The van der Waals surface area contributed by atoms with Crippen LogP contribution in [-0.4, -0.2) is 20.1 Å². The molecule has 0 radical (unpaired) electrons. The van der Waals surface area contributed by atoms with E-state index in [1.165, 1.54) is 20.4 Å². The van der Waals surface area contributed by atoms with Gasteiger partial charge in [-0.15, -0.1) is 0 Å². The van der Waals surface area contributed by atoms with Gasteiger partial charge in [0.25, 0.3) is 5.91 Å². The second-order valence-electron chi connectivity index (χ2n) is 4.70. The number of methoxy groups -OCH3 is 2. The largest absolute Gasteiger partial charge is 0.493 e. The summed E-state index contributed by atoms with van der Waals surface area (Å²) in [5.41, 5.74) is 1.23. The predicted molar refractivity (Wildman–Crippen MR) is 91.9 cm³/mol. The van der Waals surface area contributed by atoms with E-state index < -0.39 is 5.91 Å². The first kappa shape index (κ1) is 16.9. The molecule has 0 unspecified atom stereocenters. The first-order chi connectivity index (χ1) is 11.7. The summed E-state index contributed by atoms with van der Waals surface area (Å²) in [5, 5.41) is 14.7. The minimum absolute atomic E-state index is 0.0476. The average Bonchev–Trinajstić information content (AvgIpc) is 2.63. The van der Waals surface area contributed by atoms with Crippen LogP contribution in [-0.2, 0) is 4.79 Å². The van der Waals surface area contributed by atoms with Crippen LogP contribution < -0.4 is 20.1 Å². The molecule has 0 atom stereocenters. The molecule has 0 bridgehead atoms. The Morgan fingerprint density at radius 1 is 1.04 bits per heavy atom. The number of hydrogen-bond donors (Lipinski definition) is 2. The third kappa shape index (κ3) is 4.27. The Bertz CT molecular complexity index is 780. The van der Waals surface area contributed by atoms with Crippen molar-refractivity contribution in [3.8, 4) is 17.6 Å². The van der Waals surface area contributed by atoms with Crippen molar-refractivity contribution in [3.63, 3.8) is 0 Å². The summed E-state index contributed by atoms with van der Waals surface area (Å²) in [7, 11) is 3.04. The summed E-state index contributed by atoms with van der Waals surface area (Å²) in [4.78, 5) is 12.2. The highest BCUT2D eigenvalue weighted by molar-refractivity contribution is 6.06. The van der Waals surface area contributed by atoms with E-state index in [2.05, 4.69) is 10.6 Å². The molecular formula is C18H17N3O3. The van der Waals surface area contributed by atoms with Crippen LogP contribution >= 0.6 is 0 Å². The van der Waals surface area contributed by atoms with E-state index in [1.807, 2.05) is 36.4 Å². The second-order valence-corrected chi connectivity index (χ2v) is 4.70. The number of benzene rings is 2. The number of nitriles is 1. The van der Waals surface area contributed by atoms with Crippen LogP contribution in [0.15, 0.2) is 60.3 Å². The van der Waals surface area contributed by atoms with Gasteiger partial charge >= 0.3 is 0 Å². The number of amides is 1. The number of rotatable bonds is 6. The molecule has 0 saturated heterocycles. The third-order valence-electron chi connectivity index (χ3n) is 3.16. The third-order valence-corrected chi connectivity index (χ3v) is 3.16. The number of hydrogen-bond acceptors (Lipinski definition) is 5. The van der Waals surface area contributed by atoms with E-state index in [0.29, 0.717) is 17.2 Å². The standard InChI is InChI=1S/C18H17N3O3/c1-23-16-9-8-15(10-17(16)24-2)21-18(22)13(11-19)12-20-14-6-4-3-5-7-14/h3-10,12,20H,1-2H3,(H,21,22)/b13-12-. The highest BCUT2D eigenvalue weighted by atomic mass is 16.5. The van der Waals surface area contributed by atoms with E-state index in [-0.39, 0.29) is 5.57 Å². The number of para-hydroxylation sites is 1. The fourth-order valence-corrected chi connectivity index (χ4v) is 1.95. The maximum atomic E-state index is 12.2. The van der Waals surface area contributed by atoms with Crippen LogP contribution in [0.1, 0.15) is 0 Å². The summed E-state index contributed by atoms with van der Waals surface area (Å²) in [6.45, 7) is 0. The molecule has 2 aromatic rings. The van der Waals surface area contributed by atoms with E-state index in [4.69, 9.17) is 9.47 Å². The zero-order valence-electron chi connectivity index (χ0n) is 13.4. The zero-order chi connectivity index (χ0) is 17.4. The molecule has 0 fully saturated rings. The van der Waals surface area contributed by atoms with E-state index in [9.17, 15) is 10.1 Å². The van der Waals surface area contributed by atoms with Crippen molar-refractivity contribution in [1.82, 2.24) is 0 Å². The molecule has 6 heteroatoms. The van der Waals surface area contributed by atoms with Gasteiger partial charge in [-0.3, -0.25) is 4.79 Å². The normalized spacial score (nSPS) is 10.5. The number of nitrogens with one attached hydrogen (secondary N) is 2. The topological polar surface area (TPSA) is 83.4 Å². The van der Waals surface area contributed by atoms with E-state index in [1.54, 1.807) is 18.2 Å². The van der Waals surface area contributed by atoms with Gasteiger partial charge in [0.15, 0.2) is 11.5 Å². The first-order valence-electron chi connectivity index (χ1n) is 7.13. The van der Waals surface area contributed by atoms with E-state index >= 15 is 0 Å². The predicted octanol–water partition coefficient (Wildman–Crippen LogP) is 3.16. The molecule has 0 aliphatic carbocycles. The van der Waals surface area contributed by atoms with Crippen LogP contribution in [0.5, 0.6) is 11.5 Å². The van der Waals surface area contributed by atoms with Gasteiger partial charge in [0.05, 0.1) is 14.2 Å². The molecule has 2 rings (SSSR count). The highest BCUT2D eigenvalue weighted by Gasteiger charge is 2.11. The molecule has 0 aliphatic heterocycles. The maximum absolute atomic E-state index is 12.2. The Balaban J connectivity index is 2.11. The van der Waals surface area contributed by atoms with Gasteiger partial charge in [-0.2, -0.15) is 5.26 Å². The lowest BCUT2D eigenvalue weighted by Gasteiger charge is -2.10. The Labute approximate surface area is 140 Å². The number of carbonyl (C=O) groups is 1. The van der Waals surface area contributed by atoms with Crippen molar-refractivity contribution < 1.29 is 14.3 Å². The van der Waals surface area contributed by atoms with E-state index in [0.717, 1.165) is 5.69 Å². The van der Waals surface area contributed by atoms with Crippen LogP contribution in [0.3, 0.4) is 0 Å². The van der Waals surface area contributed by atoms with Crippen molar-refractivity contribution in [2.24, 2.45) is 0 Å². The number of ether oxygens (including phenoxy) is 2. The molecule has 0 aliphatic rings. The molecule has 0 aromatic heterocycles. The SMILES string of the molecule is COc1ccc(NC(=O)/C(C#N)=C\Nc2ccccc2)cc1OC. The van der Waals surface area contributed by atoms with Gasteiger partial charge in [0, 0.05) is 23.6 Å². The smallest absolute Gasteiger partial charge is 0.267 e. The lowest BCUT2D eigenvalue weighted by Crippen LogP contribution is -2.14. The quantitative estimate of drug-likeness (QED) is 0.630. The molecule has 0 saturated carbocycles. The molecule has 2 aromatic carbocycles. The Kier molecular flexibility index (Phi) is 5.81. The first-order valence-corrected chi connectivity index (χ1v) is 7.13. The molecule has 122 valence electrons. The van der Waals surface area contributed by atoms with Crippen molar-refractivity contribution in [3.05, 3.63) is 60.3 Å². The van der Waals surface area contributed by atoms with Gasteiger partial charge in [0.1, 0.15) is 11.6 Å². The molecule has 0 heterocycles. The van der Waals surface area contributed by atoms with Gasteiger partial charge < -0.3 is 20.1 Å². The molecule has 0 spiro atoms. The summed E-state index contributed by atoms with van der Waals surface area (Å²) in [6.07, 6.45) is 1.37. The summed E-state index contributed by atoms with van der Waals surface area (Å²) >= 11 is 0. The summed E-state index contributed by atoms with van der Waals surface area (Å²) in [5.74, 6) is 0.519. The van der Waals surface area contributed by atoms with Gasteiger partial charge in [0.2, 0.25) is 0 Å². The Morgan fingerprint density at radius 3 is 2.38 bits per heavy atom. The second kappa shape index (κ2) is 8.25. The lowest BCUT2D eigenvalue weighted by molar-refractivity contribution is -0.112. The Morgan fingerprint density at radius 2 is 1.75 bits per heavy atom. The minimum atomic E-state index is -0.520. The summed E-state index contributed by atoms with van der Waals surface area (Å²) < 4.78 is 10.3. The van der Waals surface area contributed by atoms with Gasteiger partial charge in [-0.25, -0.2) is 0 Å². The highest BCUT2D eigenvalue weighted by Crippen LogP contribution is 2.29. The number of carbonyl (C=O) groups excluding carboxylic acids is 1. The number of nitrogens with zero attached hydrogens (tertiary/aromatic N) is 1. The molecule has 24 heavy (non-hydrogen) atoms. The lowest BCUT2D eigenvalue weighted by atomic mass is 10.2. The maximum Gasteiger partial charge on any atom is 0.267 e. The monoisotopic (exact) mass is 323 g/mol. The molecule has 1 amide bonds. The molecular weight excluding hydrogens is 306 g/mol. The van der Waals surface area contributed by atoms with Crippen LogP contribution in [0.4, 0.5) is 11.4 Å².